The van der Waals surface area contributed by atoms with Gasteiger partial charge in [0.2, 0.25) is 0 Å². The van der Waals surface area contributed by atoms with E-state index < -0.39 is 11.6 Å². The number of aromatic nitrogens is 2. The lowest BCUT2D eigenvalue weighted by atomic mass is 10.0. The molecule has 1 saturated heterocycles. The predicted molar refractivity (Wildman–Crippen MR) is 82.5 cm³/mol. The first-order chi connectivity index (χ1) is 11.0. The zero-order valence-corrected chi connectivity index (χ0v) is 13.4. The first-order valence-electron chi connectivity index (χ1n) is 7.40. The van der Waals surface area contributed by atoms with Crippen LogP contribution in [0.1, 0.15) is 35.1 Å². The molecule has 0 bridgehead atoms. The molecule has 4 nitrogen and oxygen atoms in total. The second kappa shape index (κ2) is 6.28. The van der Waals surface area contributed by atoms with Gasteiger partial charge in [0.05, 0.1) is 16.6 Å². The molecule has 0 aliphatic carbocycles. The summed E-state index contributed by atoms with van der Waals surface area (Å²) in [6, 6.07) is 1.83. The van der Waals surface area contributed by atoms with Crippen molar-refractivity contribution in [2.24, 2.45) is 0 Å². The summed E-state index contributed by atoms with van der Waals surface area (Å²) < 4.78 is 28.6. The second-order valence-electron chi connectivity index (χ2n) is 5.68. The molecule has 2 heterocycles. The Hall–Kier alpha value is -1.95. The van der Waals surface area contributed by atoms with E-state index in [-0.39, 0.29) is 22.5 Å². The van der Waals surface area contributed by atoms with Crippen molar-refractivity contribution in [3.05, 3.63) is 52.6 Å². The third-order valence-electron chi connectivity index (χ3n) is 4.18. The Morgan fingerprint density at radius 2 is 2.09 bits per heavy atom. The van der Waals surface area contributed by atoms with Crippen LogP contribution in [0.2, 0.25) is 5.02 Å². The molecule has 0 saturated carbocycles. The zero-order valence-electron chi connectivity index (χ0n) is 12.6. The molecule has 0 unspecified atom stereocenters. The van der Waals surface area contributed by atoms with Gasteiger partial charge in [-0.25, -0.2) is 13.8 Å². The average molecular weight is 340 g/mol. The molecule has 23 heavy (non-hydrogen) atoms. The Morgan fingerprint density at radius 1 is 1.35 bits per heavy atom. The minimum absolute atomic E-state index is 0.00595. The second-order valence-corrected chi connectivity index (χ2v) is 6.08. The van der Waals surface area contributed by atoms with Crippen LogP contribution in [0, 0.1) is 18.6 Å². The highest BCUT2D eigenvalue weighted by atomic mass is 35.5. The van der Waals surface area contributed by atoms with Crippen LogP contribution >= 0.6 is 11.6 Å². The van der Waals surface area contributed by atoms with E-state index in [0.717, 1.165) is 30.8 Å². The SMILES string of the molecule is Cc1nccn1[C@@H]1CCCN(C(=O)c2cc(F)c(F)cc2Cl)C1. The number of piperidine rings is 1. The summed E-state index contributed by atoms with van der Waals surface area (Å²) in [5.41, 5.74) is -0.00595. The highest BCUT2D eigenvalue weighted by molar-refractivity contribution is 6.33. The van der Waals surface area contributed by atoms with Gasteiger partial charge < -0.3 is 9.47 Å². The molecular weight excluding hydrogens is 324 g/mol. The first-order valence-corrected chi connectivity index (χ1v) is 7.78. The van der Waals surface area contributed by atoms with E-state index in [1.165, 1.54) is 0 Å². The Kier molecular flexibility index (Phi) is 4.35. The maximum Gasteiger partial charge on any atom is 0.255 e. The molecule has 0 N–H and O–H groups in total. The number of hydrogen-bond donors (Lipinski definition) is 0. The fraction of sp³-hybridized carbons (Fsp3) is 0.375. The number of benzene rings is 1. The molecule has 0 radical (unpaired) electrons. The molecule has 1 aromatic carbocycles. The van der Waals surface area contributed by atoms with Gasteiger partial charge >= 0.3 is 0 Å². The van der Waals surface area contributed by atoms with Crippen molar-refractivity contribution in [2.75, 3.05) is 13.1 Å². The number of halogens is 3. The van der Waals surface area contributed by atoms with Crippen LogP contribution in [0.25, 0.3) is 0 Å². The van der Waals surface area contributed by atoms with Crippen molar-refractivity contribution in [3.8, 4) is 0 Å². The quantitative estimate of drug-likeness (QED) is 0.784. The summed E-state index contributed by atoms with van der Waals surface area (Å²) in [7, 11) is 0. The average Bonchev–Trinajstić information content (AvgIpc) is 2.96. The van der Waals surface area contributed by atoms with Crippen molar-refractivity contribution >= 4 is 17.5 Å². The number of rotatable bonds is 2. The van der Waals surface area contributed by atoms with Gasteiger partial charge in [-0.15, -0.1) is 0 Å². The fourth-order valence-electron chi connectivity index (χ4n) is 3.00. The minimum Gasteiger partial charge on any atom is -0.337 e. The molecule has 1 atom stereocenters. The van der Waals surface area contributed by atoms with Crippen molar-refractivity contribution in [1.29, 1.82) is 0 Å². The van der Waals surface area contributed by atoms with E-state index in [0.29, 0.717) is 13.1 Å². The third-order valence-corrected chi connectivity index (χ3v) is 4.49. The van der Waals surface area contributed by atoms with Crippen LogP contribution in [-0.2, 0) is 0 Å². The summed E-state index contributed by atoms with van der Waals surface area (Å²) in [6.07, 6.45) is 5.38. The molecule has 1 aliphatic rings. The summed E-state index contributed by atoms with van der Waals surface area (Å²) in [6.45, 7) is 2.97. The molecule has 122 valence electrons. The third kappa shape index (κ3) is 3.08. The van der Waals surface area contributed by atoms with Crippen molar-refractivity contribution < 1.29 is 13.6 Å². The van der Waals surface area contributed by atoms with Crippen molar-refractivity contribution in [1.82, 2.24) is 14.5 Å². The predicted octanol–water partition coefficient (Wildman–Crippen LogP) is 3.60. The number of hydrogen-bond acceptors (Lipinski definition) is 2. The molecule has 7 heteroatoms. The smallest absolute Gasteiger partial charge is 0.255 e. The largest absolute Gasteiger partial charge is 0.337 e. The Morgan fingerprint density at radius 3 is 2.78 bits per heavy atom. The normalized spacial score (nSPS) is 18.3. The maximum atomic E-state index is 13.4. The van der Waals surface area contributed by atoms with E-state index in [4.69, 9.17) is 11.6 Å². The summed E-state index contributed by atoms with van der Waals surface area (Å²) in [5, 5.41) is -0.0742. The molecule has 1 aromatic heterocycles. The van der Waals surface area contributed by atoms with Crippen LogP contribution in [0.3, 0.4) is 0 Å². The summed E-state index contributed by atoms with van der Waals surface area (Å²) >= 11 is 5.91. The molecule has 3 rings (SSSR count). The lowest BCUT2D eigenvalue weighted by Crippen LogP contribution is -2.41. The Bertz CT molecular complexity index is 747. The number of likely N-dealkylation sites (tertiary alicyclic amines) is 1. The van der Waals surface area contributed by atoms with Gasteiger partial charge in [-0.05, 0) is 31.9 Å². The van der Waals surface area contributed by atoms with E-state index in [1.54, 1.807) is 11.1 Å². The van der Waals surface area contributed by atoms with Crippen LogP contribution in [-0.4, -0.2) is 33.4 Å². The molecule has 1 fully saturated rings. The van der Waals surface area contributed by atoms with Gasteiger partial charge in [-0.1, -0.05) is 11.6 Å². The van der Waals surface area contributed by atoms with Crippen molar-refractivity contribution in [3.63, 3.8) is 0 Å². The highest BCUT2D eigenvalue weighted by Crippen LogP contribution is 2.27. The lowest BCUT2D eigenvalue weighted by Gasteiger charge is -2.34. The van der Waals surface area contributed by atoms with Crippen molar-refractivity contribution in [2.45, 2.75) is 25.8 Å². The number of aryl methyl sites for hydroxylation is 1. The maximum absolute atomic E-state index is 13.4. The van der Waals surface area contributed by atoms with Gasteiger partial charge in [0.15, 0.2) is 11.6 Å². The van der Waals surface area contributed by atoms with Gasteiger partial charge in [-0.3, -0.25) is 4.79 Å². The molecule has 2 aromatic rings. The minimum atomic E-state index is -1.07. The molecule has 1 aliphatic heterocycles. The standard InChI is InChI=1S/C16H16ClF2N3O/c1-10-20-4-6-22(10)11-3-2-5-21(9-11)16(23)12-7-14(18)15(19)8-13(12)17/h4,6-8,11H,2-3,5,9H2,1H3/t11-/m1/s1. The topological polar surface area (TPSA) is 38.1 Å². The summed E-state index contributed by atoms with van der Waals surface area (Å²) in [5.74, 6) is -1.62. The number of nitrogens with zero attached hydrogens (tertiary/aromatic N) is 3. The van der Waals surface area contributed by atoms with Crippen LogP contribution in [0.4, 0.5) is 8.78 Å². The van der Waals surface area contributed by atoms with E-state index in [1.807, 2.05) is 17.7 Å². The van der Waals surface area contributed by atoms with Crippen LogP contribution in [0.15, 0.2) is 24.5 Å². The van der Waals surface area contributed by atoms with E-state index in [9.17, 15) is 13.6 Å². The molecular formula is C16H16ClF2N3O. The fourth-order valence-corrected chi connectivity index (χ4v) is 3.23. The van der Waals surface area contributed by atoms with Crippen LogP contribution < -0.4 is 0 Å². The Labute approximate surface area is 137 Å². The Balaban J connectivity index is 1.83. The van der Waals surface area contributed by atoms with Gasteiger partial charge in [-0.2, -0.15) is 0 Å². The molecule has 0 spiro atoms. The number of amides is 1. The number of carbonyl (C=O) groups is 1. The number of carbonyl (C=O) groups excluding carboxylic acids is 1. The molecule has 1 amide bonds. The first kappa shape index (κ1) is 15.9. The summed E-state index contributed by atoms with van der Waals surface area (Å²) in [4.78, 5) is 18.4. The van der Waals surface area contributed by atoms with E-state index >= 15 is 0 Å². The lowest BCUT2D eigenvalue weighted by molar-refractivity contribution is 0.0678. The van der Waals surface area contributed by atoms with Gasteiger partial charge in [0, 0.05) is 25.5 Å². The monoisotopic (exact) mass is 339 g/mol. The van der Waals surface area contributed by atoms with Gasteiger partial charge in [0.1, 0.15) is 5.82 Å². The van der Waals surface area contributed by atoms with Crippen LogP contribution in [0.5, 0.6) is 0 Å². The van der Waals surface area contributed by atoms with E-state index in [2.05, 4.69) is 4.98 Å². The zero-order chi connectivity index (χ0) is 16.6. The van der Waals surface area contributed by atoms with Gasteiger partial charge in [0.25, 0.3) is 5.91 Å². The number of imidazole rings is 1. The highest BCUT2D eigenvalue weighted by Gasteiger charge is 2.27.